The van der Waals surface area contributed by atoms with Gasteiger partial charge in [0.2, 0.25) is 0 Å². The van der Waals surface area contributed by atoms with Crippen molar-refractivity contribution in [1.82, 2.24) is 9.88 Å². The lowest BCUT2D eigenvalue weighted by Gasteiger charge is -2.32. The predicted molar refractivity (Wildman–Crippen MR) is 87.7 cm³/mol. The first-order chi connectivity index (χ1) is 11.2. The van der Waals surface area contributed by atoms with Crippen LogP contribution in [0.5, 0.6) is 0 Å². The first kappa shape index (κ1) is 16.5. The van der Waals surface area contributed by atoms with Crippen molar-refractivity contribution in [3.8, 4) is 0 Å². The van der Waals surface area contributed by atoms with Gasteiger partial charge >= 0.3 is 6.03 Å². The molecule has 2 saturated heterocycles. The minimum absolute atomic E-state index is 0.114. The van der Waals surface area contributed by atoms with Crippen LogP contribution in [-0.4, -0.2) is 54.9 Å². The van der Waals surface area contributed by atoms with E-state index in [9.17, 15) is 4.79 Å². The van der Waals surface area contributed by atoms with E-state index in [-0.39, 0.29) is 12.1 Å². The number of piperidine rings is 1. The predicted octanol–water partition coefficient (Wildman–Crippen LogP) is 2.78. The van der Waals surface area contributed by atoms with Gasteiger partial charge < -0.3 is 19.7 Å². The van der Waals surface area contributed by atoms with Crippen molar-refractivity contribution < 1.29 is 14.3 Å². The van der Waals surface area contributed by atoms with Crippen LogP contribution in [0.25, 0.3) is 0 Å². The first-order valence-electron chi connectivity index (χ1n) is 8.06. The molecule has 1 aromatic rings. The molecule has 23 heavy (non-hydrogen) atoms. The molecule has 1 N–H and O–H groups in total. The average molecular weight is 340 g/mol. The van der Waals surface area contributed by atoms with Crippen molar-refractivity contribution in [2.75, 3.05) is 38.2 Å². The van der Waals surface area contributed by atoms with E-state index in [1.807, 2.05) is 0 Å². The van der Waals surface area contributed by atoms with Gasteiger partial charge in [0, 0.05) is 31.8 Å². The second-order valence-electron chi connectivity index (χ2n) is 6.07. The fourth-order valence-corrected chi connectivity index (χ4v) is 3.07. The molecule has 1 unspecified atom stereocenters. The number of urea groups is 1. The molecule has 3 heterocycles. The second kappa shape index (κ2) is 7.95. The van der Waals surface area contributed by atoms with Crippen molar-refractivity contribution in [3.05, 3.63) is 23.5 Å². The fourth-order valence-electron chi connectivity index (χ4n) is 2.90. The summed E-state index contributed by atoms with van der Waals surface area (Å²) in [5.74, 6) is 0.534. The van der Waals surface area contributed by atoms with Gasteiger partial charge in [0.15, 0.2) is 0 Å². The Hall–Kier alpha value is -1.37. The highest BCUT2D eigenvalue weighted by Gasteiger charge is 2.25. The van der Waals surface area contributed by atoms with E-state index in [1.54, 1.807) is 17.2 Å². The first-order valence-corrected chi connectivity index (χ1v) is 8.44. The van der Waals surface area contributed by atoms with Crippen LogP contribution in [-0.2, 0) is 9.47 Å². The van der Waals surface area contributed by atoms with Crippen molar-refractivity contribution >= 4 is 23.3 Å². The van der Waals surface area contributed by atoms with Gasteiger partial charge in [0.25, 0.3) is 0 Å². The number of carbonyl (C=O) groups is 1. The van der Waals surface area contributed by atoms with E-state index >= 15 is 0 Å². The summed E-state index contributed by atoms with van der Waals surface area (Å²) < 4.78 is 11.3. The van der Waals surface area contributed by atoms with Gasteiger partial charge in [0.1, 0.15) is 0 Å². The minimum Gasteiger partial charge on any atom is -0.381 e. The molecule has 7 heteroatoms. The summed E-state index contributed by atoms with van der Waals surface area (Å²) in [5.41, 5.74) is 0.613. The Morgan fingerprint density at radius 1 is 1.39 bits per heavy atom. The molecular formula is C16H22ClN3O3. The van der Waals surface area contributed by atoms with E-state index in [1.165, 1.54) is 6.20 Å². The van der Waals surface area contributed by atoms with E-state index in [4.69, 9.17) is 21.1 Å². The molecule has 2 amide bonds. The molecule has 1 atom stereocenters. The van der Waals surface area contributed by atoms with Gasteiger partial charge in [-0.05, 0) is 25.3 Å². The Bertz CT molecular complexity index is 529. The summed E-state index contributed by atoms with van der Waals surface area (Å²) in [7, 11) is 0. The summed E-state index contributed by atoms with van der Waals surface area (Å²) in [4.78, 5) is 18.0. The minimum atomic E-state index is -0.114. The van der Waals surface area contributed by atoms with E-state index in [2.05, 4.69) is 10.3 Å². The van der Waals surface area contributed by atoms with Crippen LogP contribution in [0.4, 0.5) is 10.5 Å². The molecular weight excluding hydrogens is 318 g/mol. The number of nitrogens with zero attached hydrogens (tertiary/aromatic N) is 2. The van der Waals surface area contributed by atoms with Gasteiger partial charge in [0.05, 0.1) is 36.2 Å². The van der Waals surface area contributed by atoms with Crippen LogP contribution in [0.3, 0.4) is 0 Å². The quantitative estimate of drug-likeness (QED) is 0.916. The molecule has 2 aliphatic rings. The number of halogens is 1. The van der Waals surface area contributed by atoms with Crippen LogP contribution < -0.4 is 5.32 Å². The molecule has 126 valence electrons. The van der Waals surface area contributed by atoms with E-state index < -0.39 is 0 Å². The van der Waals surface area contributed by atoms with Crippen molar-refractivity contribution in [1.29, 1.82) is 0 Å². The zero-order valence-corrected chi connectivity index (χ0v) is 13.8. The third kappa shape index (κ3) is 4.80. The molecule has 0 bridgehead atoms. The Balaban J connectivity index is 1.40. The lowest BCUT2D eigenvalue weighted by molar-refractivity contribution is -0.00351. The lowest BCUT2D eigenvalue weighted by Crippen LogP contribution is -2.43. The monoisotopic (exact) mass is 339 g/mol. The maximum atomic E-state index is 12.2. The molecule has 0 aliphatic carbocycles. The standard InChI is InChI=1S/C16H22ClN3O3/c17-13-7-14(9-18-8-13)19-16(21)20-4-1-15(2-5-20)23-11-12-3-6-22-10-12/h7-9,12,15H,1-6,10-11H2,(H,19,21). The number of anilines is 1. The smallest absolute Gasteiger partial charge is 0.321 e. The van der Waals surface area contributed by atoms with Crippen molar-refractivity contribution in [2.24, 2.45) is 5.92 Å². The maximum Gasteiger partial charge on any atom is 0.321 e. The van der Waals surface area contributed by atoms with Crippen LogP contribution in [0.15, 0.2) is 18.5 Å². The zero-order chi connectivity index (χ0) is 16.1. The number of nitrogens with one attached hydrogen (secondary N) is 1. The second-order valence-corrected chi connectivity index (χ2v) is 6.51. The van der Waals surface area contributed by atoms with Crippen molar-refractivity contribution in [2.45, 2.75) is 25.4 Å². The largest absolute Gasteiger partial charge is 0.381 e. The van der Waals surface area contributed by atoms with Crippen LogP contribution in [0, 0.1) is 5.92 Å². The van der Waals surface area contributed by atoms with Crippen LogP contribution in [0.1, 0.15) is 19.3 Å². The highest BCUT2D eigenvalue weighted by molar-refractivity contribution is 6.30. The molecule has 0 radical (unpaired) electrons. The Labute approximate surface area is 141 Å². The SMILES string of the molecule is O=C(Nc1cncc(Cl)c1)N1CCC(OCC2CCOC2)CC1. The van der Waals surface area contributed by atoms with E-state index in [0.29, 0.717) is 29.7 Å². The molecule has 3 rings (SSSR count). The molecule has 0 saturated carbocycles. The number of rotatable bonds is 4. The Morgan fingerprint density at radius 2 is 2.22 bits per heavy atom. The number of aromatic nitrogens is 1. The molecule has 6 nitrogen and oxygen atoms in total. The summed E-state index contributed by atoms with van der Waals surface area (Å²) in [5, 5.41) is 3.33. The normalized spacial score (nSPS) is 22.3. The number of pyridine rings is 1. The Morgan fingerprint density at radius 3 is 2.91 bits per heavy atom. The van der Waals surface area contributed by atoms with Gasteiger partial charge in [-0.25, -0.2) is 4.79 Å². The lowest BCUT2D eigenvalue weighted by atomic mass is 10.1. The third-order valence-electron chi connectivity index (χ3n) is 4.28. The summed E-state index contributed by atoms with van der Waals surface area (Å²) >= 11 is 5.87. The average Bonchev–Trinajstić information content (AvgIpc) is 3.07. The number of ether oxygens (including phenoxy) is 2. The molecule has 0 aromatic carbocycles. The van der Waals surface area contributed by atoms with Gasteiger partial charge in [-0.3, -0.25) is 4.98 Å². The van der Waals surface area contributed by atoms with Crippen LogP contribution >= 0.6 is 11.6 Å². The number of carbonyl (C=O) groups excluding carboxylic acids is 1. The topological polar surface area (TPSA) is 63.7 Å². The maximum absolute atomic E-state index is 12.2. The highest BCUT2D eigenvalue weighted by atomic mass is 35.5. The van der Waals surface area contributed by atoms with Crippen molar-refractivity contribution in [3.63, 3.8) is 0 Å². The van der Waals surface area contributed by atoms with Gasteiger partial charge in [-0.15, -0.1) is 0 Å². The fraction of sp³-hybridized carbons (Fsp3) is 0.625. The molecule has 2 fully saturated rings. The number of likely N-dealkylation sites (tertiary alicyclic amines) is 1. The molecule has 1 aromatic heterocycles. The zero-order valence-electron chi connectivity index (χ0n) is 13.0. The van der Waals surface area contributed by atoms with Gasteiger partial charge in [-0.2, -0.15) is 0 Å². The summed E-state index contributed by atoms with van der Waals surface area (Å²) in [6.45, 7) is 3.84. The van der Waals surface area contributed by atoms with Gasteiger partial charge in [-0.1, -0.05) is 11.6 Å². The van der Waals surface area contributed by atoms with E-state index in [0.717, 1.165) is 39.1 Å². The Kier molecular flexibility index (Phi) is 5.70. The molecule has 0 spiro atoms. The van der Waals surface area contributed by atoms with Crippen LogP contribution in [0.2, 0.25) is 5.02 Å². The summed E-state index contributed by atoms with van der Waals surface area (Å²) in [6, 6.07) is 1.57. The number of hydrogen-bond acceptors (Lipinski definition) is 4. The number of hydrogen-bond donors (Lipinski definition) is 1. The highest BCUT2D eigenvalue weighted by Crippen LogP contribution is 2.19. The third-order valence-corrected chi connectivity index (χ3v) is 4.48. The number of amides is 2. The molecule has 2 aliphatic heterocycles. The summed E-state index contributed by atoms with van der Waals surface area (Å²) in [6.07, 6.45) is 6.20.